The van der Waals surface area contributed by atoms with Crippen molar-refractivity contribution >= 4 is 23.4 Å². The van der Waals surface area contributed by atoms with E-state index in [0.29, 0.717) is 12.0 Å². The quantitative estimate of drug-likeness (QED) is 0.924. The molecule has 0 bridgehead atoms. The summed E-state index contributed by atoms with van der Waals surface area (Å²) in [5, 5.41) is 1.26. The van der Waals surface area contributed by atoms with E-state index in [1.54, 1.807) is 0 Å². The van der Waals surface area contributed by atoms with Crippen molar-refractivity contribution in [1.82, 2.24) is 4.90 Å². The highest BCUT2D eigenvalue weighted by atomic mass is 35.5. The largest absolute Gasteiger partial charge is 0.464 e. The molecule has 1 aromatic carbocycles. The summed E-state index contributed by atoms with van der Waals surface area (Å²) in [6.07, 6.45) is 5.81. The van der Waals surface area contributed by atoms with Gasteiger partial charge in [0.2, 0.25) is 0 Å². The van der Waals surface area contributed by atoms with Crippen LogP contribution in [0.1, 0.15) is 24.8 Å². The van der Waals surface area contributed by atoms with E-state index in [1.165, 1.54) is 36.8 Å². The Balaban J connectivity index is 0.00000132. The number of hydrogen-bond donors (Lipinski definition) is 1. The monoisotopic (exact) mass is 306 g/mol. The SMILES string of the molecule is Cl.NC1CCCC2CN(Cc3coc4ccccc34)CC12. The third-order valence-corrected chi connectivity index (χ3v) is 5.18. The number of furan rings is 1. The molecule has 1 aliphatic heterocycles. The van der Waals surface area contributed by atoms with Gasteiger partial charge in [-0.15, -0.1) is 12.4 Å². The van der Waals surface area contributed by atoms with E-state index in [2.05, 4.69) is 17.0 Å². The zero-order valence-electron chi connectivity index (χ0n) is 12.2. The lowest BCUT2D eigenvalue weighted by Crippen LogP contribution is -2.38. The molecule has 2 N–H and O–H groups in total. The van der Waals surface area contributed by atoms with Crippen molar-refractivity contribution in [3.63, 3.8) is 0 Å². The van der Waals surface area contributed by atoms with Gasteiger partial charge in [-0.25, -0.2) is 0 Å². The van der Waals surface area contributed by atoms with E-state index in [1.807, 2.05) is 18.4 Å². The van der Waals surface area contributed by atoms with Gasteiger partial charge < -0.3 is 10.2 Å². The van der Waals surface area contributed by atoms with Crippen molar-refractivity contribution < 1.29 is 4.42 Å². The second-order valence-corrected chi connectivity index (χ2v) is 6.47. The minimum atomic E-state index is 0. The molecule has 1 saturated carbocycles. The van der Waals surface area contributed by atoms with E-state index >= 15 is 0 Å². The van der Waals surface area contributed by atoms with E-state index in [4.69, 9.17) is 10.2 Å². The van der Waals surface area contributed by atoms with E-state index in [-0.39, 0.29) is 12.4 Å². The minimum absolute atomic E-state index is 0. The first kappa shape index (κ1) is 14.9. The second kappa shape index (κ2) is 5.99. The molecule has 2 heterocycles. The number of hydrogen-bond acceptors (Lipinski definition) is 3. The Morgan fingerprint density at radius 2 is 2.05 bits per heavy atom. The van der Waals surface area contributed by atoms with Crippen LogP contribution in [0, 0.1) is 11.8 Å². The van der Waals surface area contributed by atoms with Gasteiger partial charge in [0.05, 0.1) is 6.26 Å². The van der Waals surface area contributed by atoms with Gasteiger partial charge in [0.1, 0.15) is 5.58 Å². The number of likely N-dealkylation sites (tertiary alicyclic amines) is 1. The average Bonchev–Trinajstić information content (AvgIpc) is 3.05. The highest BCUT2D eigenvalue weighted by Crippen LogP contribution is 2.36. The fourth-order valence-corrected chi connectivity index (χ4v) is 4.13. The Labute approximate surface area is 131 Å². The summed E-state index contributed by atoms with van der Waals surface area (Å²) in [6, 6.07) is 8.72. The summed E-state index contributed by atoms with van der Waals surface area (Å²) in [4.78, 5) is 2.57. The molecule has 1 aromatic heterocycles. The molecule has 114 valence electrons. The molecule has 3 atom stereocenters. The number of para-hydroxylation sites is 1. The number of benzene rings is 1. The van der Waals surface area contributed by atoms with Crippen molar-refractivity contribution in [1.29, 1.82) is 0 Å². The molecule has 0 amide bonds. The van der Waals surface area contributed by atoms with Gasteiger partial charge in [-0.2, -0.15) is 0 Å². The van der Waals surface area contributed by atoms with E-state index in [9.17, 15) is 0 Å². The highest BCUT2D eigenvalue weighted by molar-refractivity contribution is 5.85. The Kier molecular flexibility index (Phi) is 4.25. The van der Waals surface area contributed by atoms with Crippen LogP contribution in [0.4, 0.5) is 0 Å². The number of rotatable bonds is 2. The van der Waals surface area contributed by atoms with Crippen LogP contribution < -0.4 is 5.73 Å². The van der Waals surface area contributed by atoms with Crippen LogP contribution in [0.5, 0.6) is 0 Å². The van der Waals surface area contributed by atoms with Crippen LogP contribution in [-0.2, 0) is 6.54 Å². The molecule has 1 saturated heterocycles. The van der Waals surface area contributed by atoms with Crippen molar-refractivity contribution in [3.05, 3.63) is 36.1 Å². The first-order valence-electron chi connectivity index (χ1n) is 7.74. The van der Waals surface area contributed by atoms with Crippen LogP contribution in [0.3, 0.4) is 0 Å². The average molecular weight is 307 g/mol. The molecule has 2 aliphatic rings. The first-order valence-corrected chi connectivity index (χ1v) is 7.74. The predicted octanol–water partition coefficient (Wildman–Crippen LogP) is 3.41. The zero-order valence-corrected chi connectivity index (χ0v) is 13.0. The molecule has 2 fully saturated rings. The Morgan fingerprint density at radius 3 is 2.90 bits per heavy atom. The van der Waals surface area contributed by atoms with Gasteiger partial charge in [-0.05, 0) is 30.7 Å². The fourth-order valence-electron chi connectivity index (χ4n) is 4.13. The fraction of sp³-hybridized carbons (Fsp3) is 0.529. The summed E-state index contributed by atoms with van der Waals surface area (Å²) >= 11 is 0. The standard InChI is InChI=1S/C17H22N2O.ClH/c18-16-6-3-4-12-8-19(10-15(12)16)9-13-11-20-17-7-2-1-5-14(13)17;/h1-2,5,7,11-12,15-16H,3-4,6,8-10,18H2;1H. The summed E-state index contributed by atoms with van der Waals surface area (Å²) < 4.78 is 5.65. The van der Waals surface area contributed by atoms with Crippen molar-refractivity contribution in [3.8, 4) is 0 Å². The molecule has 2 aromatic rings. The number of halogens is 1. The van der Waals surface area contributed by atoms with Gasteiger partial charge in [0, 0.05) is 36.6 Å². The lowest BCUT2D eigenvalue weighted by molar-refractivity contribution is 0.259. The highest BCUT2D eigenvalue weighted by Gasteiger charge is 2.38. The molecule has 0 spiro atoms. The summed E-state index contributed by atoms with van der Waals surface area (Å²) in [5.74, 6) is 1.53. The smallest absolute Gasteiger partial charge is 0.134 e. The van der Waals surface area contributed by atoms with Gasteiger partial charge >= 0.3 is 0 Å². The summed E-state index contributed by atoms with van der Waals surface area (Å²) in [6.45, 7) is 3.36. The minimum Gasteiger partial charge on any atom is -0.464 e. The maximum absolute atomic E-state index is 6.30. The molecular weight excluding hydrogens is 284 g/mol. The molecule has 4 rings (SSSR count). The molecule has 3 unspecified atom stereocenters. The third-order valence-electron chi connectivity index (χ3n) is 5.18. The normalized spacial score (nSPS) is 29.3. The van der Waals surface area contributed by atoms with Gasteiger partial charge in [-0.1, -0.05) is 24.6 Å². The number of fused-ring (bicyclic) bond motifs is 2. The van der Waals surface area contributed by atoms with E-state index in [0.717, 1.165) is 24.6 Å². The maximum atomic E-state index is 6.30. The van der Waals surface area contributed by atoms with Crippen molar-refractivity contribution in [2.45, 2.75) is 31.8 Å². The number of nitrogens with two attached hydrogens (primary N) is 1. The molecule has 21 heavy (non-hydrogen) atoms. The lowest BCUT2D eigenvalue weighted by Gasteiger charge is -2.29. The molecule has 1 aliphatic carbocycles. The molecule has 4 heteroatoms. The molecule has 3 nitrogen and oxygen atoms in total. The molecular formula is C17H23ClN2O. The Morgan fingerprint density at radius 1 is 1.19 bits per heavy atom. The Hall–Kier alpha value is -1.03. The number of nitrogens with zero attached hydrogens (tertiary/aromatic N) is 1. The first-order chi connectivity index (χ1) is 9.81. The third kappa shape index (κ3) is 2.70. The van der Waals surface area contributed by atoms with Crippen LogP contribution in [-0.4, -0.2) is 24.0 Å². The topological polar surface area (TPSA) is 42.4 Å². The second-order valence-electron chi connectivity index (χ2n) is 6.47. The van der Waals surface area contributed by atoms with Crippen molar-refractivity contribution in [2.24, 2.45) is 17.6 Å². The molecule has 0 radical (unpaired) electrons. The van der Waals surface area contributed by atoms with Gasteiger partial charge in [0.25, 0.3) is 0 Å². The van der Waals surface area contributed by atoms with Crippen LogP contribution in [0.25, 0.3) is 11.0 Å². The van der Waals surface area contributed by atoms with Gasteiger partial charge in [-0.3, -0.25) is 4.90 Å². The predicted molar refractivity (Wildman–Crippen MR) is 87.5 cm³/mol. The van der Waals surface area contributed by atoms with Gasteiger partial charge in [0.15, 0.2) is 0 Å². The zero-order chi connectivity index (χ0) is 13.5. The summed E-state index contributed by atoms with van der Waals surface area (Å²) in [7, 11) is 0. The van der Waals surface area contributed by atoms with Crippen LogP contribution in [0.15, 0.2) is 34.9 Å². The summed E-state index contributed by atoms with van der Waals surface area (Å²) in [5.41, 5.74) is 8.61. The van der Waals surface area contributed by atoms with Crippen molar-refractivity contribution in [2.75, 3.05) is 13.1 Å². The maximum Gasteiger partial charge on any atom is 0.134 e. The van der Waals surface area contributed by atoms with Crippen LogP contribution >= 0.6 is 12.4 Å². The van der Waals surface area contributed by atoms with E-state index < -0.39 is 0 Å². The van der Waals surface area contributed by atoms with Crippen LogP contribution in [0.2, 0.25) is 0 Å². The lowest BCUT2D eigenvalue weighted by atomic mass is 9.78. The Bertz CT molecular complexity index is 612.